The molecule has 0 spiro atoms. The lowest BCUT2D eigenvalue weighted by Gasteiger charge is -2.39. The minimum absolute atomic E-state index is 0.0762. The zero-order chi connectivity index (χ0) is 13.9. The van der Waals surface area contributed by atoms with Gasteiger partial charge in [-0.25, -0.2) is 0 Å². The van der Waals surface area contributed by atoms with Crippen molar-refractivity contribution in [3.63, 3.8) is 0 Å². The SMILES string of the molecule is O=C(N[C@@H]1CC[C@@H]2OCCO[C@@H]2C1)c1cccc(Cl)c1. The molecule has 1 aliphatic carbocycles. The number of rotatable bonds is 2. The Hall–Kier alpha value is -1.10. The Balaban J connectivity index is 1.59. The summed E-state index contributed by atoms with van der Waals surface area (Å²) in [6.45, 7) is 1.33. The second-order valence-corrected chi connectivity index (χ2v) is 5.75. The topological polar surface area (TPSA) is 47.6 Å². The average molecular weight is 296 g/mol. The van der Waals surface area contributed by atoms with Crippen molar-refractivity contribution in [2.75, 3.05) is 13.2 Å². The van der Waals surface area contributed by atoms with Crippen molar-refractivity contribution in [2.45, 2.75) is 37.5 Å². The number of nitrogens with one attached hydrogen (secondary N) is 1. The average Bonchev–Trinajstić information content (AvgIpc) is 2.47. The van der Waals surface area contributed by atoms with E-state index >= 15 is 0 Å². The number of halogens is 1. The molecule has 0 bridgehead atoms. The summed E-state index contributed by atoms with van der Waals surface area (Å²) in [7, 11) is 0. The minimum atomic E-state index is -0.0762. The van der Waals surface area contributed by atoms with E-state index in [0.717, 1.165) is 19.3 Å². The molecule has 4 nitrogen and oxygen atoms in total. The molecule has 3 rings (SSSR count). The van der Waals surface area contributed by atoms with Gasteiger partial charge >= 0.3 is 0 Å². The summed E-state index contributed by atoms with van der Waals surface area (Å²) in [4.78, 5) is 12.2. The molecule has 108 valence electrons. The Morgan fingerprint density at radius 1 is 1.20 bits per heavy atom. The van der Waals surface area contributed by atoms with Gasteiger partial charge < -0.3 is 14.8 Å². The number of ether oxygens (including phenoxy) is 2. The first-order chi connectivity index (χ1) is 9.72. The van der Waals surface area contributed by atoms with Crippen LogP contribution in [0.1, 0.15) is 29.6 Å². The van der Waals surface area contributed by atoms with Gasteiger partial charge in [0.2, 0.25) is 0 Å². The third kappa shape index (κ3) is 3.14. The maximum absolute atomic E-state index is 12.2. The minimum Gasteiger partial charge on any atom is -0.373 e. The first-order valence-corrected chi connectivity index (χ1v) is 7.40. The highest BCUT2D eigenvalue weighted by atomic mass is 35.5. The van der Waals surface area contributed by atoms with Gasteiger partial charge in [0, 0.05) is 16.6 Å². The molecule has 20 heavy (non-hydrogen) atoms. The highest BCUT2D eigenvalue weighted by molar-refractivity contribution is 6.30. The predicted octanol–water partition coefficient (Wildman–Crippen LogP) is 2.41. The number of hydrogen-bond acceptors (Lipinski definition) is 3. The monoisotopic (exact) mass is 295 g/mol. The molecule has 1 aromatic carbocycles. The Bertz CT molecular complexity index is 494. The van der Waals surface area contributed by atoms with Crippen molar-refractivity contribution >= 4 is 17.5 Å². The van der Waals surface area contributed by atoms with Crippen LogP contribution in [0.15, 0.2) is 24.3 Å². The molecular formula is C15H18ClNO3. The standard InChI is InChI=1S/C15H18ClNO3/c16-11-3-1-2-10(8-11)15(18)17-12-4-5-13-14(9-12)20-7-6-19-13/h1-3,8,12-14H,4-7,9H2,(H,17,18)/t12-,13+,14-/m1/s1. The second-order valence-electron chi connectivity index (χ2n) is 5.31. The van der Waals surface area contributed by atoms with Crippen LogP contribution < -0.4 is 5.32 Å². The lowest BCUT2D eigenvalue weighted by Crippen LogP contribution is -2.49. The Morgan fingerprint density at radius 2 is 2.00 bits per heavy atom. The van der Waals surface area contributed by atoms with Gasteiger partial charge in [-0.05, 0) is 37.5 Å². The molecule has 1 N–H and O–H groups in total. The summed E-state index contributed by atoms with van der Waals surface area (Å²) in [5, 5.41) is 3.64. The van der Waals surface area contributed by atoms with Crippen LogP contribution in [-0.2, 0) is 9.47 Å². The van der Waals surface area contributed by atoms with Crippen molar-refractivity contribution in [3.05, 3.63) is 34.9 Å². The molecule has 1 saturated heterocycles. The number of benzene rings is 1. The van der Waals surface area contributed by atoms with E-state index in [-0.39, 0.29) is 24.2 Å². The summed E-state index contributed by atoms with van der Waals surface area (Å²) >= 11 is 5.91. The molecule has 1 saturated carbocycles. The molecular weight excluding hydrogens is 278 g/mol. The van der Waals surface area contributed by atoms with E-state index in [1.54, 1.807) is 24.3 Å². The van der Waals surface area contributed by atoms with Gasteiger partial charge in [-0.1, -0.05) is 17.7 Å². The first kappa shape index (κ1) is 13.9. The first-order valence-electron chi connectivity index (χ1n) is 7.02. The van der Waals surface area contributed by atoms with Crippen molar-refractivity contribution < 1.29 is 14.3 Å². The highest BCUT2D eigenvalue weighted by Gasteiger charge is 2.34. The lowest BCUT2D eigenvalue weighted by atomic mass is 9.89. The zero-order valence-electron chi connectivity index (χ0n) is 11.2. The fourth-order valence-corrected chi connectivity index (χ4v) is 3.09. The van der Waals surface area contributed by atoms with Crippen molar-refractivity contribution in [1.82, 2.24) is 5.32 Å². The molecule has 5 heteroatoms. The normalized spacial score (nSPS) is 29.6. The summed E-state index contributed by atoms with van der Waals surface area (Å²) in [5.41, 5.74) is 0.598. The van der Waals surface area contributed by atoms with Gasteiger partial charge in [-0.2, -0.15) is 0 Å². The van der Waals surface area contributed by atoms with Crippen LogP contribution in [0.2, 0.25) is 5.02 Å². The van der Waals surface area contributed by atoms with E-state index in [2.05, 4.69) is 5.32 Å². The molecule has 0 aromatic heterocycles. The fourth-order valence-electron chi connectivity index (χ4n) is 2.90. The largest absolute Gasteiger partial charge is 0.373 e. The van der Waals surface area contributed by atoms with E-state index < -0.39 is 0 Å². The summed E-state index contributed by atoms with van der Waals surface area (Å²) < 4.78 is 11.4. The van der Waals surface area contributed by atoms with Gasteiger partial charge in [0.15, 0.2) is 0 Å². The number of carbonyl (C=O) groups is 1. The van der Waals surface area contributed by atoms with Crippen LogP contribution in [-0.4, -0.2) is 37.4 Å². The van der Waals surface area contributed by atoms with Gasteiger partial charge in [-0.15, -0.1) is 0 Å². The third-order valence-electron chi connectivity index (χ3n) is 3.90. The van der Waals surface area contributed by atoms with Crippen LogP contribution in [0, 0.1) is 0 Å². The molecule has 2 aliphatic rings. The Kier molecular flexibility index (Phi) is 4.24. The molecule has 1 amide bonds. The lowest BCUT2D eigenvalue weighted by molar-refractivity contribution is -0.157. The van der Waals surface area contributed by atoms with E-state index in [4.69, 9.17) is 21.1 Å². The van der Waals surface area contributed by atoms with E-state index in [0.29, 0.717) is 23.8 Å². The smallest absolute Gasteiger partial charge is 0.251 e. The molecule has 0 unspecified atom stereocenters. The predicted molar refractivity (Wildman–Crippen MR) is 76.0 cm³/mol. The van der Waals surface area contributed by atoms with Gasteiger partial charge in [0.25, 0.3) is 5.91 Å². The molecule has 3 atom stereocenters. The number of carbonyl (C=O) groups excluding carboxylic acids is 1. The Morgan fingerprint density at radius 3 is 2.80 bits per heavy atom. The van der Waals surface area contributed by atoms with E-state index in [1.807, 2.05) is 0 Å². The van der Waals surface area contributed by atoms with Crippen molar-refractivity contribution in [3.8, 4) is 0 Å². The summed E-state index contributed by atoms with van der Waals surface area (Å²) in [6, 6.07) is 7.14. The van der Waals surface area contributed by atoms with Gasteiger partial charge in [0.1, 0.15) is 0 Å². The molecule has 1 aliphatic heterocycles. The van der Waals surface area contributed by atoms with Crippen LogP contribution in [0.3, 0.4) is 0 Å². The van der Waals surface area contributed by atoms with Gasteiger partial charge in [-0.3, -0.25) is 4.79 Å². The zero-order valence-corrected chi connectivity index (χ0v) is 11.9. The van der Waals surface area contributed by atoms with Crippen LogP contribution >= 0.6 is 11.6 Å². The van der Waals surface area contributed by atoms with Crippen LogP contribution in [0.5, 0.6) is 0 Å². The third-order valence-corrected chi connectivity index (χ3v) is 4.14. The molecule has 2 fully saturated rings. The molecule has 1 aromatic rings. The van der Waals surface area contributed by atoms with Gasteiger partial charge in [0.05, 0.1) is 25.4 Å². The summed E-state index contributed by atoms with van der Waals surface area (Å²) in [6.07, 6.45) is 2.99. The molecule has 0 radical (unpaired) electrons. The van der Waals surface area contributed by atoms with E-state index in [9.17, 15) is 4.79 Å². The Labute approximate surface area is 123 Å². The quantitative estimate of drug-likeness (QED) is 0.911. The summed E-state index contributed by atoms with van der Waals surface area (Å²) in [5.74, 6) is -0.0762. The van der Waals surface area contributed by atoms with Crippen LogP contribution in [0.4, 0.5) is 0 Å². The maximum atomic E-state index is 12.2. The van der Waals surface area contributed by atoms with Crippen molar-refractivity contribution in [2.24, 2.45) is 0 Å². The number of amides is 1. The van der Waals surface area contributed by atoms with E-state index in [1.165, 1.54) is 0 Å². The highest BCUT2D eigenvalue weighted by Crippen LogP contribution is 2.27. The number of hydrogen-bond donors (Lipinski definition) is 1. The fraction of sp³-hybridized carbons (Fsp3) is 0.533. The number of fused-ring (bicyclic) bond motifs is 1. The van der Waals surface area contributed by atoms with Crippen molar-refractivity contribution in [1.29, 1.82) is 0 Å². The maximum Gasteiger partial charge on any atom is 0.251 e. The molecule has 1 heterocycles. The second kappa shape index (κ2) is 6.12. The van der Waals surface area contributed by atoms with Crippen LogP contribution in [0.25, 0.3) is 0 Å².